The minimum atomic E-state index is 0.111. The Morgan fingerprint density at radius 1 is 0.852 bits per heavy atom. The molecule has 0 aromatic heterocycles. The van der Waals surface area contributed by atoms with Crippen LogP contribution in [0.1, 0.15) is 63.9 Å². The van der Waals surface area contributed by atoms with Gasteiger partial charge in [0.05, 0.1) is 6.61 Å². The van der Waals surface area contributed by atoms with Crippen LogP contribution in [0.3, 0.4) is 0 Å². The van der Waals surface area contributed by atoms with E-state index >= 15 is 0 Å². The summed E-state index contributed by atoms with van der Waals surface area (Å²) in [6, 6.07) is 15.7. The first-order chi connectivity index (χ1) is 13.3. The third-order valence-electron chi connectivity index (χ3n) is 4.65. The van der Waals surface area contributed by atoms with Crippen LogP contribution in [0, 0.1) is 22.7 Å². The summed E-state index contributed by atoms with van der Waals surface area (Å²) < 4.78 is 5.89. The molecule has 0 N–H and O–H groups in total. The Morgan fingerprint density at radius 3 is 2.19 bits per heavy atom. The molecule has 3 heteroatoms. The van der Waals surface area contributed by atoms with Gasteiger partial charge in [0.2, 0.25) is 0 Å². The number of nitrogens with zero attached hydrogens (tertiary/aromatic N) is 2. The highest BCUT2D eigenvalue weighted by atomic mass is 16.5. The van der Waals surface area contributed by atoms with E-state index in [1.54, 1.807) is 6.08 Å². The van der Waals surface area contributed by atoms with E-state index in [4.69, 9.17) is 15.3 Å². The van der Waals surface area contributed by atoms with Crippen molar-refractivity contribution in [3.63, 3.8) is 0 Å². The van der Waals surface area contributed by atoms with Crippen molar-refractivity contribution in [2.45, 2.75) is 58.3 Å². The summed E-state index contributed by atoms with van der Waals surface area (Å²) in [5.41, 5.74) is 0.966. The molecule has 0 aliphatic rings. The molecule has 0 radical (unpaired) electrons. The average molecular weight is 361 g/mol. The van der Waals surface area contributed by atoms with Crippen molar-refractivity contribution < 1.29 is 4.74 Å². The van der Waals surface area contributed by atoms with Gasteiger partial charge in [-0.25, -0.2) is 0 Å². The van der Waals surface area contributed by atoms with Crippen LogP contribution in [0.5, 0.6) is 5.75 Å². The second kappa shape index (κ2) is 11.8. The first-order valence-electron chi connectivity index (χ1n) is 9.95. The molecule has 3 nitrogen and oxygen atoms in total. The second-order valence-electron chi connectivity index (χ2n) is 6.87. The highest BCUT2D eigenvalue weighted by molar-refractivity contribution is 5.86. The molecule has 0 atom stereocenters. The lowest BCUT2D eigenvalue weighted by Gasteiger charge is -2.08. The summed E-state index contributed by atoms with van der Waals surface area (Å²) in [5, 5.41) is 19.9. The summed E-state index contributed by atoms with van der Waals surface area (Å²) in [6.45, 7) is 3.01. The van der Waals surface area contributed by atoms with Crippen molar-refractivity contribution in [2.24, 2.45) is 0 Å². The highest BCUT2D eigenvalue weighted by Gasteiger charge is 2.01. The third kappa shape index (κ3) is 7.16. The van der Waals surface area contributed by atoms with Crippen LogP contribution in [0.2, 0.25) is 0 Å². The van der Waals surface area contributed by atoms with E-state index in [0.29, 0.717) is 0 Å². The van der Waals surface area contributed by atoms with Crippen molar-refractivity contribution in [1.29, 1.82) is 10.5 Å². The Hall–Kier alpha value is -2.78. The third-order valence-corrected chi connectivity index (χ3v) is 4.65. The standard InChI is InChI=1S/C24H28N2O/c1-2-3-4-5-6-7-8-9-14-27-24-13-12-22-16-20(10-11-23(22)17-24)15-21(18-25)19-26/h10-13,15-17H,2-9,14H2,1H3. The number of benzene rings is 2. The number of rotatable bonds is 11. The van der Waals surface area contributed by atoms with Crippen LogP contribution in [0.25, 0.3) is 16.8 Å². The summed E-state index contributed by atoms with van der Waals surface area (Å²) in [4.78, 5) is 0. The van der Waals surface area contributed by atoms with Crippen LogP contribution >= 0.6 is 0 Å². The molecule has 0 saturated heterocycles. The molecular formula is C24H28N2O. The van der Waals surface area contributed by atoms with Gasteiger partial charge in [0.1, 0.15) is 23.5 Å². The summed E-state index contributed by atoms with van der Waals surface area (Å²) in [7, 11) is 0. The molecule has 0 saturated carbocycles. The minimum Gasteiger partial charge on any atom is -0.494 e. The zero-order chi connectivity index (χ0) is 19.3. The van der Waals surface area contributed by atoms with E-state index in [1.807, 2.05) is 48.5 Å². The molecule has 2 aromatic rings. The minimum absolute atomic E-state index is 0.111. The van der Waals surface area contributed by atoms with Crippen molar-refractivity contribution in [3.05, 3.63) is 47.5 Å². The smallest absolute Gasteiger partial charge is 0.130 e. The fourth-order valence-corrected chi connectivity index (χ4v) is 3.10. The van der Waals surface area contributed by atoms with Gasteiger partial charge in [0.25, 0.3) is 0 Å². The first kappa shape index (κ1) is 20.5. The average Bonchev–Trinajstić information content (AvgIpc) is 2.70. The Balaban J connectivity index is 1.80. The maximum absolute atomic E-state index is 8.86. The maximum Gasteiger partial charge on any atom is 0.130 e. The molecule has 0 heterocycles. The largest absolute Gasteiger partial charge is 0.494 e. The fraction of sp³-hybridized carbons (Fsp3) is 0.417. The van der Waals surface area contributed by atoms with Gasteiger partial charge in [-0.15, -0.1) is 0 Å². The monoisotopic (exact) mass is 360 g/mol. The number of hydrogen-bond donors (Lipinski definition) is 0. The van der Waals surface area contributed by atoms with Gasteiger partial charge >= 0.3 is 0 Å². The summed E-state index contributed by atoms with van der Waals surface area (Å²) in [5.74, 6) is 0.892. The van der Waals surface area contributed by atoms with Gasteiger partial charge in [-0.1, -0.05) is 70.1 Å². The number of ether oxygens (including phenoxy) is 1. The molecule has 0 amide bonds. The molecule has 0 spiro atoms. The number of fused-ring (bicyclic) bond motifs is 1. The van der Waals surface area contributed by atoms with E-state index in [-0.39, 0.29) is 5.57 Å². The SMILES string of the molecule is CCCCCCCCCCOc1ccc2cc(C=C(C#N)C#N)ccc2c1. The zero-order valence-electron chi connectivity index (χ0n) is 16.2. The van der Waals surface area contributed by atoms with Crippen LogP contribution < -0.4 is 4.74 Å². The number of hydrogen-bond acceptors (Lipinski definition) is 3. The van der Waals surface area contributed by atoms with Crippen molar-refractivity contribution in [3.8, 4) is 17.9 Å². The Bertz CT molecular complexity index is 824. The van der Waals surface area contributed by atoms with E-state index < -0.39 is 0 Å². The quantitative estimate of drug-likeness (QED) is 0.327. The molecule has 0 bridgehead atoms. The lowest BCUT2D eigenvalue weighted by Crippen LogP contribution is -1.97. The normalized spacial score (nSPS) is 10.2. The van der Waals surface area contributed by atoms with Gasteiger partial charge in [-0.05, 0) is 47.0 Å². The first-order valence-corrected chi connectivity index (χ1v) is 9.95. The lowest BCUT2D eigenvalue weighted by molar-refractivity contribution is 0.304. The number of nitriles is 2. The fourth-order valence-electron chi connectivity index (χ4n) is 3.10. The molecule has 0 fully saturated rings. The predicted octanol–water partition coefficient (Wildman–Crippen LogP) is 6.79. The lowest BCUT2D eigenvalue weighted by atomic mass is 10.1. The van der Waals surface area contributed by atoms with Crippen LogP contribution in [-0.2, 0) is 0 Å². The Labute approximate surface area is 162 Å². The topological polar surface area (TPSA) is 56.8 Å². The van der Waals surface area contributed by atoms with Crippen LogP contribution in [-0.4, -0.2) is 6.61 Å². The van der Waals surface area contributed by atoms with E-state index in [1.165, 1.54) is 44.9 Å². The molecule has 0 aliphatic heterocycles. The number of unbranched alkanes of at least 4 members (excludes halogenated alkanes) is 7. The zero-order valence-corrected chi connectivity index (χ0v) is 16.2. The van der Waals surface area contributed by atoms with Crippen LogP contribution in [0.4, 0.5) is 0 Å². The van der Waals surface area contributed by atoms with Gasteiger partial charge < -0.3 is 4.74 Å². The van der Waals surface area contributed by atoms with E-state index in [0.717, 1.165) is 35.1 Å². The molecule has 0 aliphatic carbocycles. The van der Waals surface area contributed by atoms with Crippen molar-refractivity contribution >= 4 is 16.8 Å². The van der Waals surface area contributed by atoms with Crippen molar-refractivity contribution in [2.75, 3.05) is 6.61 Å². The molecule has 27 heavy (non-hydrogen) atoms. The maximum atomic E-state index is 8.86. The second-order valence-corrected chi connectivity index (χ2v) is 6.87. The van der Waals surface area contributed by atoms with E-state index in [2.05, 4.69) is 6.92 Å². The van der Waals surface area contributed by atoms with Crippen LogP contribution in [0.15, 0.2) is 42.0 Å². The van der Waals surface area contributed by atoms with E-state index in [9.17, 15) is 0 Å². The summed E-state index contributed by atoms with van der Waals surface area (Å²) in [6.07, 6.45) is 12.0. The Morgan fingerprint density at radius 2 is 1.48 bits per heavy atom. The number of allylic oxidation sites excluding steroid dienone is 1. The van der Waals surface area contributed by atoms with Crippen molar-refractivity contribution in [1.82, 2.24) is 0 Å². The van der Waals surface area contributed by atoms with Gasteiger partial charge in [-0.3, -0.25) is 0 Å². The van der Waals surface area contributed by atoms with Gasteiger partial charge in [0, 0.05) is 0 Å². The summed E-state index contributed by atoms with van der Waals surface area (Å²) >= 11 is 0. The molecule has 2 aromatic carbocycles. The highest BCUT2D eigenvalue weighted by Crippen LogP contribution is 2.23. The van der Waals surface area contributed by atoms with Gasteiger partial charge in [-0.2, -0.15) is 10.5 Å². The van der Waals surface area contributed by atoms with Gasteiger partial charge in [0.15, 0.2) is 0 Å². The molecular weight excluding hydrogens is 332 g/mol. The molecule has 0 unspecified atom stereocenters. The molecule has 2 rings (SSSR count). The Kier molecular flexibility index (Phi) is 8.94. The molecule has 140 valence electrons. The predicted molar refractivity (Wildman–Crippen MR) is 111 cm³/mol.